The van der Waals surface area contributed by atoms with Crippen molar-refractivity contribution in [1.29, 1.82) is 0 Å². The number of rotatable bonds is 4. The van der Waals surface area contributed by atoms with E-state index in [9.17, 15) is 0 Å². The Hall–Kier alpha value is -0.0800. The van der Waals surface area contributed by atoms with E-state index in [4.69, 9.17) is 9.47 Å². The molecule has 4 atom stereocenters. The van der Waals surface area contributed by atoms with Crippen LogP contribution in [0.3, 0.4) is 0 Å². The van der Waals surface area contributed by atoms with Gasteiger partial charge in [0.15, 0.2) is 0 Å². The first-order valence-corrected chi connectivity index (χ1v) is 8.63. The molecule has 118 valence electrons. The topological polar surface area (TPSA) is 18.5 Å². The van der Waals surface area contributed by atoms with Crippen LogP contribution in [-0.2, 0) is 9.47 Å². The summed E-state index contributed by atoms with van der Waals surface area (Å²) in [5, 5.41) is 0. The zero-order valence-corrected chi connectivity index (χ0v) is 14.2. The summed E-state index contributed by atoms with van der Waals surface area (Å²) in [6.45, 7) is 13.5. The molecule has 20 heavy (non-hydrogen) atoms. The summed E-state index contributed by atoms with van der Waals surface area (Å²) in [6, 6.07) is 0. The molecule has 0 N–H and O–H groups in total. The van der Waals surface area contributed by atoms with Crippen LogP contribution in [0.4, 0.5) is 0 Å². The Balaban J connectivity index is 1.83. The average Bonchev–Trinajstić information content (AvgIpc) is 2.37. The summed E-state index contributed by atoms with van der Waals surface area (Å²) >= 11 is 0. The Kier molecular flexibility index (Phi) is 5.53. The fourth-order valence-electron chi connectivity index (χ4n) is 4.05. The summed E-state index contributed by atoms with van der Waals surface area (Å²) in [5.74, 6) is 3.24. The smallest absolute Gasteiger partial charge is 0.0629 e. The third-order valence-corrected chi connectivity index (χ3v) is 5.53. The molecular formula is C18H34O2. The van der Waals surface area contributed by atoms with Gasteiger partial charge in [0.1, 0.15) is 0 Å². The highest BCUT2D eigenvalue weighted by Gasteiger charge is 2.34. The third-order valence-electron chi connectivity index (χ3n) is 5.53. The second-order valence-corrected chi connectivity index (χ2v) is 8.10. The van der Waals surface area contributed by atoms with Crippen molar-refractivity contribution in [2.75, 3.05) is 13.2 Å². The van der Waals surface area contributed by atoms with Crippen molar-refractivity contribution >= 4 is 0 Å². The molecule has 0 aromatic rings. The highest BCUT2D eigenvalue weighted by Crippen LogP contribution is 2.37. The molecule has 2 heteroatoms. The molecule has 0 radical (unpaired) electrons. The van der Waals surface area contributed by atoms with Crippen molar-refractivity contribution in [3.05, 3.63) is 0 Å². The predicted octanol–water partition coefficient (Wildman–Crippen LogP) is 4.67. The van der Waals surface area contributed by atoms with Crippen molar-refractivity contribution in [3.8, 4) is 0 Å². The molecule has 2 fully saturated rings. The summed E-state index contributed by atoms with van der Waals surface area (Å²) in [6.07, 6.45) is 6.70. The first kappa shape index (κ1) is 16.3. The van der Waals surface area contributed by atoms with E-state index in [0.717, 1.165) is 36.9 Å². The molecule has 4 unspecified atom stereocenters. The molecule has 2 aliphatic rings. The van der Waals surface area contributed by atoms with Gasteiger partial charge in [-0.05, 0) is 69.6 Å². The molecule has 2 rings (SSSR count). The Labute approximate surface area is 125 Å². The lowest BCUT2D eigenvalue weighted by atomic mass is 9.76. The largest absolute Gasteiger partial charge is 0.378 e. The summed E-state index contributed by atoms with van der Waals surface area (Å²) in [5.41, 5.74) is 0.0745. The van der Waals surface area contributed by atoms with E-state index in [0.29, 0.717) is 6.10 Å². The van der Waals surface area contributed by atoms with Crippen molar-refractivity contribution in [2.24, 2.45) is 23.7 Å². The van der Waals surface area contributed by atoms with Crippen molar-refractivity contribution in [3.63, 3.8) is 0 Å². The van der Waals surface area contributed by atoms with Gasteiger partial charge in [-0.25, -0.2) is 0 Å². The van der Waals surface area contributed by atoms with Gasteiger partial charge < -0.3 is 9.47 Å². The SMILES string of the molecule is CC(C)C1CCOC(CC(C)C2CCOC(C)(C)C2)C1. The number of ether oxygens (including phenoxy) is 2. The highest BCUT2D eigenvalue weighted by atomic mass is 16.5. The standard InChI is InChI=1S/C18H34O2/c1-13(2)15-6-8-19-17(11-15)10-14(3)16-7-9-20-18(4,5)12-16/h13-17H,6-12H2,1-5H3. The molecular weight excluding hydrogens is 248 g/mol. The first-order valence-electron chi connectivity index (χ1n) is 8.63. The number of hydrogen-bond donors (Lipinski definition) is 0. The van der Waals surface area contributed by atoms with E-state index in [1.54, 1.807) is 0 Å². The summed E-state index contributed by atoms with van der Waals surface area (Å²) in [7, 11) is 0. The predicted molar refractivity (Wildman–Crippen MR) is 83.8 cm³/mol. The Morgan fingerprint density at radius 1 is 1.05 bits per heavy atom. The van der Waals surface area contributed by atoms with Gasteiger partial charge >= 0.3 is 0 Å². The first-order chi connectivity index (χ1) is 9.37. The van der Waals surface area contributed by atoms with Crippen LogP contribution in [0, 0.1) is 23.7 Å². The molecule has 0 spiro atoms. The lowest BCUT2D eigenvalue weighted by molar-refractivity contribution is -0.0897. The fourth-order valence-corrected chi connectivity index (χ4v) is 4.05. The minimum atomic E-state index is 0.0745. The van der Waals surface area contributed by atoms with Crippen LogP contribution in [-0.4, -0.2) is 24.9 Å². The van der Waals surface area contributed by atoms with Gasteiger partial charge in [0.2, 0.25) is 0 Å². The van der Waals surface area contributed by atoms with Crippen LogP contribution in [0.25, 0.3) is 0 Å². The van der Waals surface area contributed by atoms with Gasteiger partial charge in [0, 0.05) is 13.2 Å². The Bertz CT molecular complexity index is 298. The van der Waals surface area contributed by atoms with Gasteiger partial charge in [-0.15, -0.1) is 0 Å². The van der Waals surface area contributed by atoms with Crippen LogP contribution in [0.1, 0.15) is 66.7 Å². The molecule has 0 bridgehead atoms. The van der Waals surface area contributed by atoms with Crippen LogP contribution in [0.2, 0.25) is 0 Å². The van der Waals surface area contributed by atoms with Crippen LogP contribution < -0.4 is 0 Å². The van der Waals surface area contributed by atoms with Crippen molar-refractivity contribution in [2.45, 2.75) is 78.4 Å². The molecule has 0 aromatic heterocycles. The Morgan fingerprint density at radius 2 is 1.75 bits per heavy atom. The minimum Gasteiger partial charge on any atom is -0.378 e. The maximum atomic E-state index is 6.04. The van der Waals surface area contributed by atoms with Crippen molar-refractivity contribution < 1.29 is 9.47 Å². The van der Waals surface area contributed by atoms with E-state index in [-0.39, 0.29) is 5.60 Å². The summed E-state index contributed by atoms with van der Waals surface area (Å²) in [4.78, 5) is 0. The molecule has 2 heterocycles. The monoisotopic (exact) mass is 282 g/mol. The fraction of sp³-hybridized carbons (Fsp3) is 1.00. The molecule has 0 amide bonds. The zero-order valence-electron chi connectivity index (χ0n) is 14.2. The van der Waals surface area contributed by atoms with Gasteiger partial charge in [0.25, 0.3) is 0 Å². The van der Waals surface area contributed by atoms with E-state index < -0.39 is 0 Å². The normalized spacial score (nSPS) is 36.0. The molecule has 2 nitrogen and oxygen atoms in total. The average molecular weight is 282 g/mol. The quantitative estimate of drug-likeness (QED) is 0.746. The van der Waals surface area contributed by atoms with Gasteiger partial charge in [-0.1, -0.05) is 20.8 Å². The molecule has 2 saturated heterocycles. The lowest BCUT2D eigenvalue weighted by Crippen LogP contribution is -2.38. The second-order valence-electron chi connectivity index (χ2n) is 8.10. The Morgan fingerprint density at radius 3 is 2.40 bits per heavy atom. The zero-order chi connectivity index (χ0) is 14.8. The van der Waals surface area contributed by atoms with Crippen LogP contribution in [0.15, 0.2) is 0 Å². The highest BCUT2D eigenvalue weighted by molar-refractivity contribution is 4.84. The van der Waals surface area contributed by atoms with Crippen molar-refractivity contribution in [1.82, 2.24) is 0 Å². The number of hydrogen-bond acceptors (Lipinski definition) is 2. The molecule has 0 aromatic carbocycles. The third kappa shape index (κ3) is 4.46. The van der Waals surface area contributed by atoms with E-state index in [2.05, 4.69) is 34.6 Å². The summed E-state index contributed by atoms with van der Waals surface area (Å²) < 4.78 is 11.9. The van der Waals surface area contributed by atoms with Gasteiger partial charge in [-0.2, -0.15) is 0 Å². The second kappa shape index (κ2) is 6.79. The van der Waals surface area contributed by atoms with E-state index in [1.165, 1.54) is 32.1 Å². The maximum Gasteiger partial charge on any atom is 0.0629 e. The molecule has 0 saturated carbocycles. The maximum absolute atomic E-state index is 6.04. The van der Waals surface area contributed by atoms with Crippen LogP contribution in [0.5, 0.6) is 0 Å². The minimum absolute atomic E-state index is 0.0745. The van der Waals surface area contributed by atoms with Crippen LogP contribution >= 0.6 is 0 Å². The van der Waals surface area contributed by atoms with E-state index in [1.807, 2.05) is 0 Å². The molecule has 0 aliphatic carbocycles. The van der Waals surface area contributed by atoms with E-state index >= 15 is 0 Å². The lowest BCUT2D eigenvalue weighted by Gasteiger charge is -2.40. The molecule has 2 aliphatic heterocycles. The van der Waals surface area contributed by atoms with Gasteiger partial charge in [0.05, 0.1) is 11.7 Å². The van der Waals surface area contributed by atoms with Gasteiger partial charge in [-0.3, -0.25) is 0 Å².